The van der Waals surface area contributed by atoms with Gasteiger partial charge in [0.2, 0.25) is 0 Å². The van der Waals surface area contributed by atoms with Crippen molar-refractivity contribution in [3.8, 4) is 0 Å². The molecule has 1 nitrogen and oxygen atoms in total. The van der Waals surface area contributed by atoms with Crippen LogP contribution in [0.1, 0.15) is 76.3 Å². The molecular weight excluding hydrogens is 218 g/mol. The van der Waals surface area contributed by atoms with Crippen molar-refractivity contribution < 1.29 is 0 Å². The summed E-state index contributed by atoms with van der Waals surface area (Å²) in [6, 6.07) is 2.22. The van der Waals surface area contributed by atoms with E-state index in [1.165, 1.54) is 75.3 Å². The Labute approximate surface area is 113 Å². The lowest BCUT2D eigenvalue weighted by molar-refractivity contribution is 0.649. The molecule has 0 aromatic carbocycles. The average molecular weight is 247 g/mol. The fourth-order valence-electron chi connectivity index (χ4n) is 2.41. The van der Waals surface area contributed by atoms with Crippen molar-refractivity contribution in [1.82, 2.24) is 4.98 Å². The molecule has 1 aromatic heterocycles. The summed E-state index contributed by atoms with van der Waals surface area (Å²) in [7, 11) is 0. The summed E-state index contributed by atoms with van der Waals surface area (Å²) in [4.78, 5) is 4.29. The van der Waals surface area contributed by atoms with E-state index in [9.17, 15) is 0 Å². The van der Waals surface area contributed by atoms with Gasteiger partial charge in [0, 0.05) is 12.4 Å². The van der Waals surface area contributed by atoms with Crippen LogP contribution in [0, 0.1) is 0 Å². The normalized spacial score (nSPS) is 10.8. The summed E-state index contributed by atoms with van der Waals surface area (Å²) in [6.07, 6.45) is 17.3. The van der Waals surface area contributed by atoms with Crippen molar-refractivity contribution in [3.05, 3.63) is 29.6 Å². The Morgan fingerprint density at radius 1 is 0.778 bits per heavy atom. The zero-order valence-electron chi connectivity index (χ0n) is 12.3. The largest absolute Gasteiger partial charge is 0.264 e. The quantitative estimate of drug-likeness (QED) is 0.509. The first-order valence-corrected chi connectivity index (χ1v) is 7.80. The molecule has 0 spiro atoms. The Morgan fingerprint density at radius 3 is 2.00 bits per heavy atom. The topological polar surface area (TPSA) is 12.9 Å². The lowest BCUT2D eigenvalue weighted by Crippen LogP contribution is -1.96. The average Bonchev–Trinajstić information content (AvgIpc) is 2.41. The highest BCUT2D eigenvalue weighted by molar-refractivity contribution is 5.23. The Kier molecular flexibility index (Phi) is 8.54. The lowest BCUT2D eigenvalue weighted by atomic mass is 9.99. The first kappa shape index (κ1) is 15.2. The minimum atomic E-state index is 1.22. The van der Waals surface area contributed by atoms with Crippen LogP contribution in [0.2, 0.25) is 0 Å². The highest BCUT2D eigenvalue weighted by Gasteiger charge is 2.02. The molecule has 1 rings (SSSR count). The number of unbranched alkanes of at least 4 members (excludes halogenated alkanes) is 6. The molecular formula is C17H29N. The van der Waals surface area contributed by atoms with Crippen molar-refractivity contribution >= 4 is 0 Å². The number of hydrogen-bond acceptors (Lipinski definition) is 1. The van der Waals surface area contributed by atoms with Gasteiger partial charge in [-0.15, -0.1) is 0 Å². The van der Waals surface area contributed by atoms with E-state index in [0.29, 0.717) is 0 Å². The van der Waals surface area contributed by atoms with Crippen LogP contribution in [-0.2, 0) is 12.8 Å². The van der Waals surface area contributed by atoms with E-state index in [-0.39, 0.29) is 0 Å². The summed E-state index contributed by atoms with van der Waals surface area (Å²) in [5.41, 5.74) is 3.03. The van der Waals surface area contributed by atoms with E-state index in [4.69, 9.17) is 0 Å². The van der Waals surface area contributed by atoms with E-state index in [0.717, 1.165) is 0 Å². The molecule has 0 fully saturated rings. The number of pyridine rings is 1. The first-order chi connectivity index (χ1) is 8.88. The van der Waals surface area contributed by atoms with Crippen molar-refractivity contribution in [2.24, 2.45) is 0 Å². The third-order valence-electron chi connectivity index (χ3n) is 3.60. The maximum atomic E-state index is 4.29. The predicted octanol–water partition coefficient (Wildman–Crippen LogP) is 5.33. The second kappa shape index (κ2) is 10.1. The Hall–Kier alpha value is -0.850. The van der Waals surface area contributed by atoms with Gasteiger partial charge in [0.05, 0.1) is 0 Å². The van der Waals surface area contributed by atoms with Gasteiger partial charge in [-0.25, -0.2) is 0 Å². The minimum absolute atomic E-state index is 1.22. The van der Waals surface area contributed by atoms with Gasteiger partial charge in [0.15, 0.2) is 0 Å². The third-order valence-corrected chi connectivity index (χ3v) is 3.60. The van der Waals surface area contributed by atoms with E-state index >= 15 is 0 Å². The first-order valence-electron chi connectivity index (χ1n) is 7.80. The summed E-state index contributed by atoms with van der Waals surface area (Å²) in [6.45, 7) is 4.54. The van der Waals surface area contributed by atoms with Gasteiger partial charge in [-0.2, -0.15) is 0 Å². The van der Waals surface area contributed by atoms with E-state index < -0.39 is 0 Å². The van der Waals surface area contributed by atoms with Gasteiger partial charge in [0.1, 0.15) is 0 Å². The second-order valence-electron chi connectivity index (χ2n) is 5.27. The summed E-state index contributed by atoms with van der Waals surface area (Å²) < 4.78 is 0. The molecule has 0 saturated carbocycles. The van der Waals surface area contributed by atoms with Gasteiger partial charge in [-0.05, 0) is 42.9 Å². The predicted molar refractivity (Wildman–Crippen MR) is 79.9 cm³/mol. The van der Waals surface area contributed by atoms with E-state index in [1.807, 2.05) is 6.20 Å². The van der Waals surface area contributed by atoms with Gasteiger partial charge < -0.3 is 0 Å². The summed E-state index contributed by atoms with van der Waals surface area (Å²) in [5, 5.41) is 0. The molecule has 0 aliphatic heterocycles. The number of hydrogen-bond donors (Lipinski definition) is 0. The van der Waals surface area contributed by atoms with E-state index in [1.54, 1.807) is 0 Å². The molecule has 0 aliphatic carbocycles. The van der Waals surface area contributed by atoms with Crippen LogP contribution in [0.5, 0.6) is 0 Å². The van der Waals surface area contributed by atoms with Crippen LogP contribution in [0.3, 0.4) is 0 Å². The Bertz CT molecular complexity index is 275. The molecule has 0 unspecified atom stereocenters. The lowest BCUT2D eigenvalue weighted by Gasteiger charge is -2.08. The number of aryl methyl sites for hydroxylation is 2. The van der Waals surface area contributed by atoms with Crippen LogP contribution >= 0.6 is 0 Å². The molecule has 102 valence electrons. The van der Waals surface area contributed by atoms with Crippen LogP contribution < -0.4 is 0 Å². The van der Waals surface area contributed by atoms with Crippen LogP contribution in [0.25, 0.3) is 0 Å². The molecule has 0 amide bonds. The SMILES string of the molecule is CCCCCCc1ccncc1CCCCCC. The maximum Gasteiger partial charge on any atom is 0.0302 e. The molecule has 0 aliphatic rings. The standard InChI is InChI=1S/C17H29N/c1-3-5-7-9-11-16-13-14-18-15-17(16)12-10-8-6-4-2/h13-15H,3-12H2,1-2H3. The molecule has 0 atom stereocenters. The van der Waals surface area contributed by atoms with Crippen molar-refractivity contribution in [2.45, 2.75) is 78.1 Å². The molecule has 1 heteroatoms. The molecule has 0 saturated heterocycles. The van der Waals surface area contributed by atoms with Gasteiger partial charge in [-0.3, -0.25) is 4.98 Å². The Morgan fingerprint density at radius 2 is 1.39 bits per heavy atom. The summed E-state index contributed by atoms with van der Waals surface area (Å²) in [5.74, 6) is 0. The zero-order valence-corrected chi connectivity index (χ0v) is 12.3. The van der Waals surface area contributed by atoms with Gasteiger partial charge in [-0.1, -0.05) is 52.4 Å². The third kappa shape index (κ3) is 6.18. The molecule has 0 radical (unpaired) electrons. The summed E-state index contributed by atoms with van der Waals surface area (Å²) >= 11 is 0. The zero-order chi connectivity index (χ0) is 13.1. The highest BCUT2D eigenvalue weighted by Crippen LogP contribution is 2.15. The minimum Gasteiger partial charge on any atom is -0.264 e. The molecule has 1 heterocycles. The smallest absolute Gasteiger partial charge is 0.0302 e. The molecule has 0 N–H and O–H groups in total. The van der Waals surface area contributed by atoms with Crippen LogP contribution in [0.4, 0.5) is 0 Å². The van der Waals surface area contributed by atoms with Crippen molar-refractivity contribution in [1.29, 1.82) is 0 Å². The van der Waals surface area contributed by atoms with E-state index in [2.05, 4.69) is 31.1 Å². The van der Waals surface area contributed by atoms with Gasteiger partial charge >= 0.3 is 0 Å². The fourth-order valence-corrected chi connectivity index (χ4v) is 2.41. The van der Waals surface area contributed by atoms with Crippen molar-refractivity contribution in [2.75, 3.05) is 0 Å². The van der Waals surface area contributed by atoms with Crippen molar-refractivity contribution in [3.63, 3.8) is 0 Å². The molecule has 1 aromatic rings. The maximum absolute atomic E-state index is 4.29. The number of nitrogens with zero attached hydrogens (tertiary/aromatic N) is 1. The Balaban J connectivity index is 2.36. The number of rotatable bonds is 10. The fraction of sp³-hybridized carbons (Fsp3) is 0.706. The van der Waals surface area contributed by atoms with Gasteiger partial charge in [0.25, 0.3) is 0 Å². The molecule has 18 heavy (non-hydrogen) atoms. The second-order valence-corrected chi connectivity index (χ2v) is 5.27. The highest BCUT2D eigenvalue weighted by atomic mass is 14.6. The van der Waals surface area contributed by atoms with Crippen LogP contribution in [-0.4, -0.2) is 4.98 Å². The number of aromatic nitrogens is 1. The molecule has 0 bridgehead atoms. The van der Waals surface area contributed by atoms with Crippen LogP contribution in [0.15, 0.2) is 18.5 Å². The monoisotopic (exact) mass is 247 g/mol.